The van der Waals surface area contributed by atoms with Gasteiger partial charge < -0.3 is 10.5 Å². The smallest absolute Gasteiger partial charge is 0.0971 e. The number of methoxy groups -OCH3 is 1. The first-order valence-electron chi connectivity index (χ1n) is 5.56. The average Bonchev–Trinajstić information content (AvgIpc) is 2.67. The molecule has 0 aromatic carbocycles. The highest BCUT2D eigenvalue weighted by molar-refractivity contribution is 5.83. The van der Waals surface area contributed by atoms with Gasteiger partial charge in [-0.1, -0.05) is 12.8 Å². The lowest BCUT2D eigenvalue weighted by atomic mass is 10.1. The Morgan fingerprint density at radius 1 is 1.50 bits per heavy atom. The van der Waals surface area contributed by atoms with Crippen LogP contribution in [0.15, 0.2) is 4.99 Å². The molecule has 1 atom stereocenters. The Morgan fingerprint density at radius 2 is 2.14 bits per heavy atom. The van der Waals surface area contributed by atoms with E-state index in [1.165, 1.54) is 25.7 Å². The van der Waals surface area contributed by atoms with E-state index < -0.39 is 0 Å². The van der Waals surface area contributed by atoms with E-state index in [9.17, 15) is 0 Å². The van der Waals surface area contributed by atoms with Crippen LogP contribution in [0, 0.1) is 5.92 Å². The lowest BCUT2D eigenvalue weighted by Crippen LogP contribution is -2.23. The van der Waals surface area contributed by atoms with Crippen LogP contribution in [0.3, 0.4) is 0 Å². The van der Waals surface area contributed by atoms with Gasteiger partial charge in [0.25, 0.3) is 0 Å². The van der Waals surface area contributed by atoms with Gasteiger partial charge in [0, 0.05) is 19.6 Å². The van der Waals surface area contributed by atoms with Gasteiger partial charge in [0.05, 0.1) is 11.9 Å². The minimum absolute atomic E-state index is 0.301. The number of aliphatic imine (C=N–C) groups is 1. The first-order valence-corrected chi connectivity index (χ1v) is 5.56. The zero-order valence-electron chi connectivity index (χ0n) is 9.33. The summed E-state index contributed by atoms with van der Waals surface area (Å²) < 4.78 is 5.01. The van der Waals surface area contributed by atoms with Crippen molar-refractivity contribution < 1.29 is 4.74 Å². The Hall–Kier alpha value is -0.570. The lowest BCUT2D eigenvalue weighted by Gasteiger charge is -2.11. The predicted octanol–water partition coefficient (Wildman–Crippen LogP) is 1.96. The molecule has 3 nitrogen and oxygen atoms in total. The van der Waals surface area contributed by atoms with E-state index in [0.717, 1.165) is 18.9 Å². The van der Waals surface area contributed by atoms with Crippen molar-refractivity contribution in [3.05, 3.63) is 0 Å². The van der Waals surface area contributed by atoms with Crippen molar-refractivity contribution in [3.8, 4) is 0 Å². The van der Waals surface area contributed by atoms with Crippen molar-refractivity contribution in [2.75, 3.05) is 13.7 Å². The minimum atomic E-state index is 0.301. The van der Waals surface area contributed by atoms with Crippen LogP contribution in [0.2, 0.25) is 0 Å². The van der Waals surface area contributed by atoms with Gasteiger partial charge in [-0.25, -0.2) is 0 Å². The highest BCUT2D eigenvalue weighted by Crippen LogP contribution is 2.24. The molecular weight excluding hydrogens is 176 g/mol. The number of hydrogen-bond acceptors (Lipinski definition) is 2. The number of nitrogens with two attached hydrogens (primary N) is 1. The lowest BCUT2D eigenvalue weighted by molar-refractivity contribution is 0.190. The SMILES string of the molecule is COCCC(C)N=C(N)C1CCCC1. The van der Waals surface area contributed by atoms with E-state index in [1.807, 2.05) is 0 Å². The summed E-state index contributed by atoms with van der Waals surface area (Å²) in [7, 11) is 1.72. The maximum atomic E-state index is 5.96. The summed E-state index contributed by atoms with van der Waals surface area (Å²) in [5.41, 5.74) is 5.96. The molecule has 1 rings (SSSR count). The van der Waals surface area contributed by atoms with Gasteiger partial charge in [-0.3, -0.25) is 4.99 Å². The Balaban J connectivity index is 2.33. The topological polar surface area (TPSA) is 47.6 Å². The summed E-state index contributed by atoms with van der Waals surface area (Å²) in [5, 5.41) is 0. The molecule has 2 N–H and O–H groups in total. The third-order valence-corrected chi connectivity index (χ3v) is 2.88. The molecule has 0 heterocycles. The van der Waals surface area contributed by atoms with Crippen LogP contribution >= 0.6 is 0 Å². The largest absolute Gasteiger partial charge is 0.387 e. The Labute approximate surface area is 86.7 Å². The second-order valence-corrected chi connectivity index (χ2v) is 4.17. The Kier molecular flexibility index (Phi) is 4.94. The number of rotatable bonds is 5. The fourth-order valence-electron chi connectivity index (χ4n) is 1.93. The van der Waals surface area contributed by atoms with Crippen LogP contribution in [0.5, 0.6) is 0 Å². The van der Waals surface area contributed by atoms with E-state index in [4.69, 9.17) is 10.5 Å². The molecule has 0 spiro atoms. The van der Waals surface area contributed by atoms with E-state index in [0.29, 0.717) is 12.0 Å². The predicted molar refractivity (Wildman–Crippen MR) is 59.5 cm³/mol. The first-order chi connectivity index (χ1) is 6.74. The van der Waals surface area contributed by atoms with Crippen LogP contribution < -0.4 is 5.73 Å². The highest BCUT2D eigenvalue weighted by atomic mass is 16.5. The summed E-state index contributed by atoms with van der Waals surface area (Å²) in [4.78, 5) is 4.51. The van der Waals surface area contributed by atoms with Crippen LogP contribution in [-0.2, 0) is 4.74 Å². The van der Waals surface area contributed by atoms with Crippen molar-refractivity contribution >= 4 is 5.84 Å². The van der Waals surface area contributed by atoms with E-state index >= 15 is 0 Å². The fourth-order valence-corrected chi connectivity index (χ4v) is 1.93. The van der Waals surface area contributed by atoms with Gasteiger partial charge in [-0.2, -0.15) is 0 Å². The van der Waals surface area contributed by atoms with Crippen molar-refractivity contribution in [3.63, 3.8) is 0 Å². The summed E-state index contributed by atoms with van der Waals surface area (Å²) in [6.07, 6.45) is 6.04. The van der Waals surface area contributed by atoms with Gasteiger partial charge in [0.15, 0.2) is 0 Å². The highest BCUT2D eigenvalue weighted by Gasteiger charge is 2.18. The first kappa shape index (κ1) is 11.5. The molecule has 0 amide bonds. The quantitative estimate of drug-likeness (QED) is 0.542. The zero-order chi connectivity index (χ0) is 10.4. The molecule has 14 heavy (non-hydrogen) atoms. The van der Waals surface area contributed by atoms with Gasteiger partial charge in [-0.15, -0.1) is 0 Å². The van der Waals surface area contributed by atoms with Crippen molar-refractivity contribution in [2.24, 2.45) is 16.6 Å². The minimum Gasteiger partial charge on any atom is -0.387 e. The second-order valence-electron chi connectivity index (χ2n) is 4.17. The van der Waals surface area contributed by atoms with Crippen LogP contribution in [0.1, 0.15) is 39.0 Å². The molecule has 1 aliphatic rings. The van der Waals surface area contributed by atoms with E-state index in [-0.39, 0.29) is 0 Å². The summed E-state index contributed by atoms with van der Waals surface area (Å²) in [5.74, 6) is 1.42. The zero-order valence-corrected chi connectivity index (χ0v) is 9.33. The van der Waals surface area contributed by atoms with Crippen LogP contribution in [0.25, 0.3) is 0 Å². The number of nitrogens with zero attached hydrogens (tertiary/aromatic N) is 1. The molecule has 3 heteroatoms. The Bertz CT molecular complexity index is 186. The maximum absolute atomic E-state index is 5.96. The molecule has 0 aromatic heterocycles. The second kappa shape index (κ2) is 6.02. The molecule has 0 radical (unpaired) electrons. The molecule has 1 saturated carbocycles. The summed E-state index contributed by atoms with van der Waals surface area (Å²) >= 11 is 0. The number of ether oxygens (including phenoxy) is 1. The van der Waals surface area contributed by atoms with Crippen molar-refractivity contribution in [1.82, 2.24) is 0 Å². The number of hydrogen-bond donors (Lipinski definition) is 1. The monoisotopic (exact) mass is 198 g/mol. The third-order valence-electron chi connectivity index (χ3n) is 2.88. The normalized spacial score (nSPS) is 21.4. The van der Waals surface area contributed by atoms with Crippen molar-refractivity contribution in [1.29, 1.82) is 0 Å². The average molecular weight is 198 g/mol. The molecule has 1 unspecified atom stereocenters. The van der Waals surface area contributed by atoms with Gasteiger partial charge in [-0.05, 0) is 26.2 Å². The molecule has 82 valence electrons. The molecule has 0 bridgehead atoms. The Morgan fingerprint density at radius 3 is 2.71 bits per heavy atom. The molecule has 1 fully saturated rings. The standard InChI is InChI=1S/C11H22N2O/c1-9(7-8-14-2)13-11(12)10-5-3-4-6-10/h9-10H,3-8H2,1-2H3,(H2,12,13). The molecule has 1 aliphatic carbocycles. The van der Waals surface area contributed by atoms with Crippen LogP contribution in [0.4, 0.5) is 0 Å². The molecule has 0 saturated heterocycles. The maximum Gasteiger partial charge on any atom is 0.0971 e. The fraction of sp³-hybridized carbons (Fsp3) is 0.909. The summed E-state index contributed by atoms with van der Waals surface area (Å²) in [6, 6.07) is 0.301. The van der Waals surface area contributed by atoms with E-state index in [2.05, 4.69) is 11.9 Å². The molecule has 0 aromatic rings. The van der Waals surface area contributed by atoms with Crippen LogP contribution in [-0.4, -0.2) is 25.6 Å². The van der Waals surface area contributed by atoms with Crippen molar-refractivity contribution in [2.45, 2.75) is 45.1 Å². The number of amidine groups is 1. The van der Waals surface area contributed by atoms with Gasteiger partial charge in [0.1, 0.15) is 0 Å². The summed E-state index contributed by atoms with van der Waals surface area (Å²) in [6.45, 7) is 2.86. The molecule has 0 aliphatic heterocycles. The van der Waals surface area contributed by atoms with E-state index in [1.54, 1.807) is 7.11 Å². The molecular formula is C11H22N2O. The van der Waals surface area contributed by atoms with Gasteiger partial charge in [0.2, 0.25) is 0 Å². The third kappa shape index (κ3) is 3.66. The van der Waals surface area contributed by atoms with Gasteiger partial charge >= 0.3 is 0 Å².